The molecule has 0 saturated heterocycles. The number of hydrazine groups is 1. The van der Waals surface area contributed by atoms with Crippen molar-refractivity contribution in [3.63, 3.8) is 0 Å². The SMILES string of the molecule is O=[N+]([O-])c1c(NNc2ccccc2)ncnc1N1CCc2ccccc2C1. The summed E-state index contributed by atoms with van der Waals surface area (Å²) < 4.78 is 0. The summed E-state index contributed by atoms with van der Waals surface area (Å²) in [7, 11) is 0. The number of para-hydroxylation sites is 1. The molecule has 0 saturated carbocycles. The maximum Gasteiger partial charge on any atom is 0.355 e. The number of hydrogen-bond donors (Lipinski definition) is 2. The molecule has 2 aromatic carbocycles. The van der Waals surface area contributed by atoms with Gasteiger partial charge in [0.2, 0.25) is 11.6 Å². The Morgan fingerprint density at radius 2 is 1.70 bits per heavy atom. The number of anilines is 3. The molecule has 8 heteroatoms. The summed E-state index contributed by atoms with van der Waals surface area (Å²) in [4.78, 5) is 21.5. The van der Waals surface area contributed by atoms with Crippen molar-refractivity contribution in [1.82, 2.24) is 9.97 Å². The summed E-state index contributed by atoms with van der Waals surface area (Å²) in [5.41, 5.74) is 8.85. The average molecular weight is 362 g/mol. The second kappa shape index (κ2) is 7.28. The summed E-state index contributed by atoms with van der Waals surface area (Å²) in [6.07, 6.45) is 2.17. The van der Waals surface area contributed by atoms with Crippen LogP contribution in [0.1, 0.15) is 11.1 Å². The van der Waals surface area contributed by atoms with Gasteiger partial charge in [-0.1, -0.05) is 42.5 Å². The van der Waals surface area contributed by atoms with Crippen LogP contribution in [0.15, 0.2) is 60.9 Å². The third-order valence-corrected chi connectivity index (χ3v) is 4.51. The van der Waals surface area contributed by atoms with Crippen LogP contribution in [0.25, 0.3) is 0 Å². The van der Waals surface area contributed by atoms with Gasteiger partial charge in [0, 0.05) is 13.1 Å². The van der Waals surface area contributed by atoms with Crippen molar-refractivity contribution in [2.45, 2.75) is 13.0 Å². The molecule has 3 aromatic rings. The van der Waals surface area contributed by atoms with Crippen molar-refractivity contribution in [3.05, 3.63) is 82.2 Å². The maximum atomic E-state index is 11.8. The lowest BCUT2D eigenvalue weighted by Crippen LogP contribution is -2.32. The van der Waals surface area contributed by atoms with E-state index in [4.69, 9.17) is 0 Å². The number of nitro groups is 1. The third-order valence-electron chi connectivity index (χ3n) is 4.51. The van der Waals surface area contributed by atoms with Crippen molar-refractivity contribution in [1.29, 1.82) is 0 Å². The van der Waals surface area contributed by atoms with E-state index in [1.807, 2.05) is 53.4 Å². The summed E-state index contributed by atoms with van der Waals surface area (Å²) in [5, 5.41) is 11.8. The van der Waals surface area contributed by atoms with Crippen molar-refractivity contribution < 1.29 is 4.92 Å². The summed E-state index contributed by atoms with van der Waals surface area (Å²) in [6, 6.07) is 17.5. The predicted molar refractivity (Wildman–Crippen MR) is 104 cm³/mol. The van der Waals surface area contributed by atoms with Crippen molar-refractivity contribution >= 4 is 23.0 Å². The zero-order chi connectivity index (χ0) is 18.6. The van der Waals surface area contributed by atoms with Gasteiger partial charge >= 0.3 is 5.69 Å². The Hall–Kier alpha value is -3.68. The van der Waals surface area contributed by atoms with E-state index in [2.05, 4.69) is 26.9 Å². The van der Waals surface area contributed by atoms with Gasteiger partial charge in [-0.3, -0.25) is 21.0 Å². The number of nitrogens with one attached hydrogen (secondary N) is 2. The molecule has 0 amide bonds. The molecule has 0 bridgehead atoms. The van der Waals surface area contributed by atoms with Gasteiger partial charge in [0.1, 0.15) is 6.33 Å². The molecule has 0 unspecified atom stereocenters. The number of rotatable bonds is 5. The topological polar surface area (TPSA) is 96.2 Å². The lowest BCUT2D eigenvalue weighted by Gasteiger charge is -2.29. The first-order valence-electron chi connectivity index (χ1n) is 8.60. The van der Waals surface area contributed by atoms with Crippen LogP contribution in [0, 0.1) is 10.1 Å². The maximum absolute atomic E-state index is 11.8. The van der Waals surface area contributed by atoms with E-state index in [9.17, 15) is 10.1 Å². The van der Waals surface area contributed by atoms with E-state index in [1.54, 1.807) is 0 Å². The van der Waals surface area contributed by atoms with Gasteiger partial charge in [-0.15, -0.1) is 0 Å². The molecule has 1 aliphatic heterocycles. The van der Waals surface area contributed by atoms with Gasteiger partial charge in [0.15, 0.2) is 0 Å². The van der Waals surface area contributed by atoms with E-state index in [0.29, 0.717) is 18.9 Å². The summed E-state index contributed by atoms with van der Waals surface area (Å²) in [5.74, 6) is 0.453. The van der Waals surface area contributed by atoms with E-state index < -0.39 is 4.92 Å². The van der Waals surface area contributed by atoms with Gasteiger partial charge in [-0.05, 0) is 29.7 Å². The Morgan fingerprint density at radius 3 is 2.48 bits per heavy atom. The monoisotopic (exact) mass is 362 g/mol. The van der Waals surface area contributed by atoms with E-state index in [0.717, 1.165) is 17.7 Å². The van der Waals surface area contributed by atoms with Crippen LogP contribution in [-0.2, 0) is 13.0 Å². The molecule has 0 fully saturated rings. The summed E-state index contributed by atoms with van der Waals surface area (Å²) >= 11 is 0. The third kappa shape index (κ3) is 3.50. The van der Waals surface area contributed by atoms with Gasteiger partial charge in [0.05, 0.1) is 10.6 Å². The van der Waals surface area contributed by atoms with Crippen LogP contribution in [0.2, 0.25) is 0 Å². The normalized spacial score (nSPS) is 13.0. The Balaban J connectivity index is 1.62. The van der Waals surface area contributed by atoms with Gasteiger partial charge in [-0.2, -0.15) is 0 Å². The molecule has 4 rings (SSSR count). The molecule has 0 atom stereocenters. The summed E-state index contributed by atoms with van der Waals surface area (Å²) in [6.45, 7) is 1.25. The highest BCUT2D eigenvalue weighted by molar-refractivity contribution is 5.71. The fourth-order valence-electron chi connectivity index (χ4n) is 3.19. The number of aromatic nitrogens is 2. The minimum Gasteiger partial charge on any atom is -0.346 e. The molecule has 2 heterocycles. The van der Waals surface area contributed by atoms with Crippen molar-refractivity contribution in [3.8, 4) is 0 Å². The second-order valence-corrected chi connectivity index (χ2v) is 6.21. The molecule has 0 radical (unpaired) electrons. The smallest absolute Gasteiger partial charge is 0.346 e. The van der Waals surface area contributed by atoms with Crippen LogP contribution < -0.4 is 15.8 Å². The lowest BCUT2D eigenvalue weighted by molar-refractivity contribution is -0.383. The second-order valence-electron chi connectivity index (χ2n) is 6.21. The van der Waals surface area contributed by atoms with Crippen molar-refractivity contribution in [2.75, 3.05) is 22.3 Å². The van der Waals surface area contributed by atoms with Crippen LogP contribution in [0.4, 0.5) is 23.0 Å². The van der Waals surface area contributed by atoms with Gasteiger partial charge in [0.25, 0.3) is 0 Å². The lowest BCUT2D eigenvalue weighted by atomic mass is 10.00. The molecule has 8 nitrogen and oxygen atoms in total. The molecule has 0 aliphatic carbocycles. The minimum absolute atomic E-state index is 0.132. The molecular weight excluding hydrogens is 344 g/mol. The molecule has 1 aromatic heterocycles. The molecule has 0 spiro atoms. The average Bonchev–Trinajstić information content (AvgIpc) is 2.72. The molecular formula is C19H18N6O2. The molecule has 136 valence electrons. The quantitative estimate of drug-likeness (QED) is 0.530. The highest BCUT2D eigenvalue weighted by atomic mass is 16.6. The number of benzene rings is 2. The standard InChI is InChI=1S/C19H18N6O2/c26-25(27)17-18(23-22-16-8-2-1-3-9-16)20-13-21-19(17)24-11-10-14-6-4-5-7-15(14)12-24/h1-9,13,22H,10-12H2,(H,20,21,23). The first-order chi connectivity index (χ1) is 13.2. The largest absolute Gasteiger partial charge is 0.355 e. The van der Waals surface area contributed by atoms with Crippen LogP contribution in [-0.4, -0.2) is 21.4 Å². The van der Waals surface area contributed by atoms with Crippen LogP contribution in [0.5, 0.6) is 0 Å². The molecule has 27 heavy (non-hydrogen) atoms. The van der Waals surface area contributed by atoms with Crippen molar-refractivity contribution in [2.24, 2.45) is 0 Å². The molecule has 2 N–H and O–H groups in total. The highest BCUT2D eigenvalue weighted by Crippen LogP contribution is 2.34. The molecule has 1 aliphatic rings. The fourth-order valence-corrected chi connectivity index (χ4v) is 3.19. The zero-order valence-electron chi connectivity index (χ0n) is 14.5. The minimum atomic E-state index is -0.440. The first kappa shape index (κ1) is 16.8. The van der Waals surface area contributed by atoms with Gasteiger partial charge < -0.3 is 4.90 Å². The van der Waals surface area contributed by atoms with E-state index >= 15 is 0 Å². The number of hydrogen-bond acceptors (Lipinski definition) is 7. The number of fused-ring (bicyclic) bond motifs is 1. The Kier molecular flexibility index (Phi) is 4.52. The zero-order valence-corrected chi connectivity index (χ0v) is 14.5. The van der Waals surface area contributed by atoms with E-state index in [-0.39, 0.29) is 11.5 Å². The Morgan fingerprint density at radius 1 is 0.963 bits per heavy atom. The van der Waals surface area contributed by atoms with Crippen LogP contribution in [0.3, 0.4) is 0 Å². The van der Waals surface area contributed by atoms with E-state index in [1.165, 1.54) is 11.9 Å². The Bertz CT molecular complexity index is 963. The van der Waals surface area contributed by atoms with Crippen LogP contribution >= 0.6 is 0 Å². The fraction of sp³-hybridized carbons (Fsp3) is 0.158. The first-order valence-corrected chi connectivity index (χ1v) is 8.60. The number of nitrogens with zero attached hydrogens (tertiary/aromatic N) is 4. The predicted octanol–water partition coefficient (Wildman–Crippen LogP) is 3.39. The van der Waals surface area contributed by atoms with Gasteiger partial charge in [-0.25, -0.2) is 9.97 Å². The Labute approximate surface area is 156 Å². The highest BCUT2D eigenvalue weighted by Gasteiger charge is 2.29.